The summed E-state index contributed by atoms with van der Waals surface area (Å²) < 4.78 is 26.0. The SMILES string of the molecule is O=S(=O)(CCCCO)NCC1(C2CC2)CC1. The molecule has 5 heteroatoms. The Labute approximate surface area is 97.5 Å². The molecule has 16 heavy (non-hydrogen) atoms. The second-order valence-corrected chi connectivity index (χ2v) is 7.13. The zero-order valence-electron chi connectivity index (χ0n) is 9.61. The summed E-state index contributed by atoms with van der Waals surface area (Å²) in [5.74, 6) is 0.932. The third-order valence-corrected chi connectivity index (χ3v) is 5.21. The van der Waals surface area contributed by atoms with Crippen LogP contribution in [0, 0.1) is 11.3 Å². The first-order valence-corrected chi connectivity index (χ1v) is 7.81. The predicted molar refractivity (Wildman–Crippen MR) is 62.5 cm³/mol. The zero-order chi connectivity index (χ0) is 11.6. The molecule has 0 saturated heterocycles. The Kier molecular flexibility index (Phi) is 3.56. The lowest BCUT2D eigenvalue weighted by atomic mass is 10.0. The molecule has 0 amide bonds. The van der Waals surface area contributed by atoms with Crippen LogP contribution in [-0.2, 0) is 10.0 Å². The molecule has 0 spiro atoms. The van der Waals surface area contributed by atoms with E-state index in [-0.39, 0.29) is 12.4 Å². The molecule has 2 rings (SSSR count). The Morgan fingerprint density at radius 3 is 2.44 bits per heavy atom. The summed E-state index contributed by atoms with van der Waals surface area (Å²) in [6.45, 7) is 0.709. The van der Waals surface area contributed by atoms with Gasteiger partial charge in [-0.2, -0.15) is 0 Å². The van der Waals surface area contributed by atoms with Crippen molar-refractivity contribution in [1.82, 2.24) is 4.72 Å². The number of hydrogen-bond donors (Lipinski definition) is 2. The van der Waals surface area contributed by atoms with Crippen molar-refractivity contribution in [3.05, 3.63) is 0 Å². The van der Waals surface area contributed by atoms with Crippen LogP contribution < -0.4 is 4.72 Å². The number of rotatable bonds is 8. The molecule has 0 unspecified atom stereocenters. The standard InChI is InChI=1S/C11H21NO3S/c13-7-1-2-8-16(14,15)12-9-11(5-6-11)10-3-4-10/h10,12-13H,1-9H2. The van der Waals surface area contributed by atoms with Crippen LogP contribution in [0.5, 0.6) is 0 Å². The molecule has 2 aliphatic carbocycles. The molecule has 0 radical (unpaired) electrons. The minimum absolute atomic E-state index is 0.0710. The lowest BCUT2D eigenvalue weighted by Crippen LogP contribution is -2.33. The highest BCUT2D eigenvalue weighted by molar-refractivity contribution is 7.89. The Hall–Kier alpha value is -0.130. The lowest BCUT2D eigenvalue weighted by Gasteiger charge is -2.15. The summed E-state index contributed by atoms with van der Waals surface area (Å²) >= 11 is 0. The van der Waals surface area contributed by atoms with E-state index in [0.717, 1.165) is 5.92 Å². The van der Waals surface area contributed by atoms with E-state index in [1.807, 2.05) is 0 Å². The number of aliphatic hydroxyl groups is 1. The molecule has 2 aliphatic rings. The van der Waals surface area contributed by atoms with Crippen molar-refractivity contribution < 1.29 is 13.5 Å². The maximum atomic E-state index is 11.6. The minimum atomic E-state index is -3.11. The van der Waals surface area contributed by atoms with Gasteiger partial charge in [-0.1, -0.05) is 0 Å². The van der Waals surface area contributed by atoms with Crippen LogP contribution in [0.25, 0.3) is 0 Å². The molecule has 0 bridgehead atoms. The molecular formula is C11H21NO3S. The van der Waals surface area contributed by atoms with Crippen LogP contribution in [0.15, 0.2) is 0 Å². The molecule has 0 aromatic heterocycles. The van der Waals surface area contributed by atoms with Crippen molar-refractivity contribution in [3.63, 3.8) is 0 Å². The van der Waals surface area contributed by atoms with Gasteiger partial charge in [0.05, 0.1) is 5.75 Å². The molecule has 94 valence electrons. The Morgan fingerprint density at radius 2 is 1.94 bits per heavy atom. The van der Waals surface area contributed by atoms with Gasteiger partial charge in [-0.25, -0.2) is 13.1 Å². The van der Waals surface area contributed by atoms with Gasteiger partial charge in [0.1, 0.15) is 0 Å². The zero-order valence-corrected chi connectivity index (χ0v) is 10.4. The smallest absolute Gasteiger partial charge is 0.211 e. The third-order valence-electron chi connectivity index (χ3n) is 3.80. The highest BCUT2D eigenvalue weighted by Gasteiger charge is 2.53. The normalized spacial score (nSPS) is 23.3. The van der Waals surface area contributed by atoms with E-state index in [4.69, 9.17) is 5.11 Å². The van der Waals surface area contributed by atoms with Gasteiger partial charge in [0.25, 0.3) is 0 Å². The van der Waals surface area contributed by atoms with E-state index in [0.29, 0.717) is 24.8 Å². The van der Waals surface area contributed by atoms with Gasteiger partial charge in [0.15, 0.2) is 0 Å². The number of hydrogen-bond acceptors (Lipinski definition) is 3. The van der Waals surface area contributed by atoms with Crippen LogP contribution in [0.2, 0.25) is 0 Å². The lowest BCUT2D eigenvalue weighted by molar-refractivity contribution is 0.287. The van der Waals surface area contributed by atoms with E-state index in [1.54, 1.807) is 0 Å². The van der Waals surface area contributed by atoms with Gasteiger partial charge < -0.3 is 5.11 Å². The molecule has 2 fully saturated rings. The molecule has 2 N–H and O–H groups in total. The second-order valence-electron chi connectivity index (χ2n) is 5.21. The van der Waals surface area contributed by atoms with Crippen molar-refractivity contribution in [1.29, 1.82) is 0 Å². The van der Waals surface area contributed by atoms with Crippen LogP contribution in [0.4, 0.5) is 0 Å². The number of sulfonamides is 1. The summed E-state index contributed by atoms with van der Waals surface area (Å²) in [5.41, 5.74) is 0.323. The van der Waals surface area contributed by atoms with Gasteiger partial charge in [-0.15, -0.1) is 0 Å². The van der Waals surface area contributed by atoms with Gasteiger partial charge in [-0.3, -0.25) is 0 Å². The van der Waals surface area contributed by atoms with Crippen LogP contribution in [0.1, 0.15) is 38.5 Å². The Balaban J connectivity index is 1.71. The summed E-state index contributed by atoms with van der Waals surface area (Å²) in [6, 6.07) is 0. The molecule has 0 aromatic carbocycles. The van der Waals surface area contributed by atoms with E-state index < -0.39 is 10.0 Å². The largest absolute Gasteiger partial charge is 0.396 e. The molecule has 4 nitrogen and oxygen atoms in total. The first-order valence-electron chi connectivity index (χ1n) is 6.16. The summed E-state index contributed by atoms with van der Waals surface area (Å²) in [5, 5.41) is 8.60. The van der Waals surface area contributed by atoms with Crippen molar-refractivity contribution in [3.8, 4) is 0 Å². The average molecular weight is 247 g/mol. The highest BCUT2D eigenvalue weighted by atomic mass is 32.2. The Bertz CT molecular complexity index is 331. The maximum absolute atomic E-state index is 11.6. The topological polar surface area (TPSA) is 66.4 Å². The predicted octanol–water partition coefficient (Wildman–Crippen LogP) is 0.868. The van der Waals surface area contributed by atoms with E-state index in [1.165, 1.54) is 25.7 Å². The number of nitrogens with one attached hydrogen (secondary N) is 1. The molecule has 0 atom stereocenters. The molecule has 0 aromatic rings. The van der Waals surface area contributed by atoms with Crippen molar-refractivity contribution in [2.45, 2.75) is 38.5 Å². The van der Waals surface area contributed by atoms with E-state index >= 15 is 0 Å². The molecular weight excluding hydrogens is 226 g/mol. The van der Waals surface area contributed by atoms with Gasteiger partial charge in [0, 0.05) is 13.2 Å². The molecule has 2 saturated carbocycles. The van der Waals surface area contributed by atoms with Crippen LogP contribution in [0.3, 0.4) is 0 Å². The summed E-state index contributed by atoms with van der Waals surface area (Å²) in [6.07, 6.45) is 6.06. The Morgan fingerprint density at radius 1 is 1.25 bits per heavy atom. The maximum Gasteiger partial charge on any atom is 0.211 e. The fourth-order valence-corrected chi connectivity index (χ4v) is 3.55. The van der Waals surface area contributed by atoms with Crippen LogP contribution >= 0.6 is 0 Å². The quantitative estimate of drug-likeness (QED) is 0.625. The van der Waals surface area contributed by atoms with Gasteiger partial charge in [-0.05, 0) is 49.9 Å². The fourth-order valence-electron chi connectivity index (χ4n) is 2.32. The number of unbranched alkanes of at least 4 members (excludes halogenated alkanes) is 1. The van der Waals surface area contributed by atoms with E-state index in [9.17, 15) is 8.42 Å². The monoisotopic (exact) mass is 247 g/mol. The fraction of sp³-hybridized carbons (Fsp3) is 1.00. The van der Waals surface area contributed by atoms with Crippen LogP contribution in [-0.4, -0.2) is 32.4 Å². The van der Waals surface area contributed by atoms with Gasteiger partial charge >= 0.3 is 0 Å². The van der Waals surface area contributed by atoms with Crippen molar-refractivity contribution in [2.75, 3.05) is 18.9 Å². The number of aliphatic hydroxyl groups excluding tert-OH is 1. The van der Waals surface area contributed by atoms with Gasteiger partial charge in [0.2, 0.25) is 10.0 Å². The second kappa shape index (κ2) is 4.63. The highest BCUT2D eigenvalue weighted by Crippen LogP contribution is 2.60. The van der Waals surface area contributed by atoms with Crippen molar-refractivity contribution >= 4 is 10.0 Å². The molecule has 0 heterocycles. The minimum Gasteiger partial charge on any atom is -0.396 e. The summed E-state index contributed by atoms with van der Waals surface area (Å²) in [4.78, 5) is 0. The van der Waals surface area contributed by atoms with E-state index in [2.05, 4.69) is 4.72 Å². The first-order chi connectivity index (χ1) is 7.58. The first kappa shape index (κ1) is 12.3. The molecule has 0 aliphatic heterocycles. The summed E-state index contributed by atoms with van der Waals surface area (Å²) in [7, 11) is -3.11. The van der Waals surface area contributed by atoms with Crippen molar-refractivity contribution in [2.24, 2.45) is 11.3 Å². The average Bonchev–Trinajstić information content (AvgIpc) is 3.08. The third kappa shape index (κ3) is 3.18.